The predicted molar refractivity (Wildman–Crippen MR) is 68.0 cm³/mol. The van der Waals surface area contributed by atoms with Gasteiger partial charge in [0.05, 0.1) is 12.9 Å². The minimum Gasteiger partial charge on any atom is -0.497 e. The summed E-state index contributed by atoms with van der Waals surface area (Å²) < 4.78 is 16.3. The summed E-state index contributed by atoms with van der Waals surface area (Å²) in [5.41, 5.74) is 1.23. The van der Waals surface area contributed by atoms with Crippen LogP contribution in [0.2, 0.25) is 0 Å². The molecule has 88 valence electrons. The summed E-state index contributed by atoms with van der Waals surface area (Å²) in [5.74, 6) is 1.90. The van der Waals surface area contributed by atoms with E-state index in [4.69, 9.17) is 10.1 Å². The van der Waals surface area contributed by atoms with Crippen LogP contribution in [0.15, 0.2) is 24.3 Å². The quantitative estimate of drug-likeness (QED) is 0.740. The van der Waals surface area contributed by atoms with Crippen molar-refractivity contribution in [3.63, 3.8) is 0 Å². The Kier molecular flexibility index (Phi) is 5.78. The van der Waals surface area contributed by atoms with Crippen LogP contribution in [0.25, 0.3) is 0 Å². The average Bonchev–Trinajstić information content (AvgIpc) is 2.30. The molecule has 0 spiro atoms. The molecule has 0 saturated carbocycles. The first-order chi connectivity index (χ1) is 7.76. The fraction of sp³-hybridized carbons (Fsp3) is 0.417. The molecule has 3 nitrogen and oxygen atoms in total. The second-order valence-corrected chi connectivity index (χ2v) is 5.09. The van der Waals surface area contributed by atoms with E-state index in [9.17, 15) is 4.21 Å². The molecule has 0 aliphatic rings. The Labute approximate surface area is 98.8 Å². The SMILES string of the molecule is COc1ccc(CCCS(=O)CC=N)cc1. The molecule has 1 unspecified atom stereocenters. The van der Waals surface area contributed by atoms with Gasteiger partial charge in [-0.3, -0.25) is 4.21 Å². The van der Waals surface area contributed by atoms with Crippen molar-refractivity contribution in [2.24, 2.45) is 0 Å². The Balaban J connectivity index is 2.31. The van der Waals surface area contributed by atoms with E-state index in [0.29, 0.717) is 11.5 Å². The summed E-state index contributed by atoms with van der Waals surface area (Å²) in [5, 5.41) is 6.85. The van der Waals surface area contributed by atoms with Gasteiger partial charge >= 0.3 is 0 Å². The summed E-state index contributed by atoms with van der Waals surface area (Å²) in [4.78, 5) is 0. The van der Waals surface area contributed by atoms with Crippen LogP contribution in [-0.4, -0.2) is 29.0 Å². The maximum absolute atomic E-state index is 11.3. The third kappa shape index (κ3) is 4.57. The molecule has 0 aliphatic heterocycles. The van der Waals surface area contributed by atoms with Gasteiger partial charge in [0.2, 0.25) is 0 Å². The highest BCUT2D eigenvalue weighted by Crippen LogP contribution is 2.12. The van der Waals surface area contributed by atoms with Gasteiger partial charge in [0.25, 0.3) is 0 Å². The van der Waals surface area contributed by atoms with Crippen molar-refractivity contribution >= 4 is 17.0 Å². The van der Waals surface area contributed by atoms with Gasteiger partial charge in [-0.2, -0.15) is 0 Å². The zero-order chi connectivity index (χ0) is 11.8. The van der Waals surface area contributed by atoms with Crippen molar-refractivity contribution in [3.05, 3.63) is 29.8 Å². The van der Waals surface area contributed by atoms with Crippen LogP contribution >= 0.6 is 0 Å². The van der Waals surface area contributed by atoms with Crippen molar-refractivity contribution in [3.8, 4) is 5.75 Å². The van der Waals surface area contributed by atoms with Gasteiger partial charge in [-0.15, -0.1) is 0 Å². The van der Waals surface area contributed by atoms with Crippen LogP contribution in [0.4, 0.5) is 0 Å². The van der Waals surface area contributed by atoms with E-state index in [-0.39, 0.29) is 0 Å². The Bertz CT molecular complexity index is 349. The second kappa shape index (κ2) is 7.17. The number of nitrogens with one attached hydrogen (secondary N) is 1. The molecule has 0 bridgehead atoms. The molecule has 16 heavy (non-hydrogen) atoms. The van der Waals surface area contributed by atoms with Crippen molar-refractivity contribution in [2.75, 3.05) is 18.6 Å². The highest BCUT2D eigenvalue weighted by Gasteiger charge is 1.99. The van der Waals surface area contributed by atoms with E-state index in [0.717, 1.165) is 18.6 Å². The molecule has 1 N–H and O–H groups in total. The monoisotopic (exact) mass is 239 g/mol. The molecule has 0 heterocycles. The van der Waals surface area contributed by atoms with Gasteiger partial charge in [0.1, 0.15) is 5.75 Å². The second-order valence-electron chi connectivity index (χ2n) is 3.47. The van der Waals surface area contributed by atoms with Gasteiger partial charge < -0.3 is 10.1 Å². The molecule has 0 fully saturated rings. The standard InChI is InChI=1S/C12H17NO2S/c1-15-12-6-4-11(5-7-12)3-2-9-16(14)10-8-13/h4-8,13H,2-3,9-10H2,1H3. The number of rotatable bonds is 7. The Morgan fingerprint density at radius 1 is 1.38 bits per heavy atom. The van der Waals surface area contributed by atoms with Gasteiger partial charge in [0.15, 0.2) is 0 Å². The normalized spacial score (nSPS) is 12.1. The highest BCUT2D eigenvalue weighted by molar-refractivity contribution is 7.85. The molecule has 0 amide bonds. The number of ether oxygens (including phenoxy) is 1. The molecular weight excluding hydrogens is 222 g/mol. The molecule has 1 aromatic carbocycles. The highest BCUT2D eigenvalue weighted by atomic mass is 32.2. The van der Waals surface area contributed by atoms with E-state index in [1.54, 1.807) is 7.11 Å². The minimum atomic E-state index is -0.867. The van der Waals surface area contributed by atoms with E-state index < -0.39 is 10.8 Å². The zero-order valence-corrected chi connectivity index (χ0v) is 10.3. The van der Waals surface area contributed by atoms with Gasteiger partial charge in [-0.1, -0.05) is 12.1 Å². The van der Waals surface area contributed by atoms with Gasteiger partial charge in [0, 0.05) is 22.8 Å². The van der Waals surface area contributed by atoms with E-state index >= 15 is 0 Å². The number of aryl methyl sites for hydroxylation is 1. The first kappa shape index (κ1) is 12.9. The maximum atomic E-state index is 11.3. The molecule has 0 aliphatic carbocycles. The lowest BCUT2D eigenvalue weighted by Crippen LogP contribution is -2.04. The van der Waals surface area contributed by atoms with Gasteiger partial charge in [-0.25, -0.2) is 0 Å². The third-order valence-electron chi connectivity index (χ3n) is 2.27. The van der Waals surface area contributed by atoms with Crippen molar-refractivity contribution < 1.29 is 8.95 Å². The first-order valence-corrected chi connectivity index (χ1v) is 6.72. The molecule has 1 aromatic rings. The molecular formula is C12H17NO2S. The fourth-order valence-electron chi connectivity index (χ4n) is 1.41. The molecule has 0 saturated heterocycles. The van der Waals surface area contributed by atoms with E-state index in [2.05, 4.69) is 0 Å². The lowest BCUT2D eigenvalue weighted by Gasteiger charge is -2.03. The molecule has 0 aromatic heterocycles. The predicted octanol–water partition coefficient (Wildman–Crippen LogP) is 2.03. The van der Waals surface area contributed by atoms with E-state index in [1.165, 1.54) is 11.8 Å². The van der Waals surface area contributed by atoms with Crippen LogP contribution in [-0.2, 0) is 17.2 Å². The Morgan fingerprint density at radius 2 is 2.06 bits per heavy atom. The molecule has 4 heteroatoms. The van der Waals surface area contributed by atoms with Crippen LogP contribution in [0, 0.1) is 5.41 Å². The van der Waals surface area contributed by atoms with Crippen molar-refractivity contribution in [2.45, 2.75) is 12.8 Å². The molecule has 0 radical (unpaired) electrons. The van der Waals surface area contributed by atoms with Crippen molar-refractivity contribution in [1.82, 2.24) is 0 Å². The third-order valence-corrected chi connectivity index (χ3v) is 3.55. The summed E-state index contributed by atoms with van der Waals surface area (Å²) >= 11 is 0. The summed E-state index contributed by atoms with van der Waals surface area (Å²) in [6.07, 6.45) is 3.03. The maximum Gasteiger partial charge on any atom is 0.118 e. The van der Waals surface area contributed by atoms with Crippen LogP contribution < -0.4 is 4.74 Å². The number of methoxy groups -OCH3 is 1. The van der Waals surface area contributed by atoms with Gasteiger partial charge in [-0.05, 0) is 30.5 Å². The Morgan fingerprint density at radius 3 is 2.62 bits per heavy atom. The lowest BCUT2D eigenvalue weighted by atomic mass is 10.1. The number of benzene rings is 1. The van der Waals surface area contributed by atoms with Crippen LogP contribution in [0.3, 0.4) is 0 Å². The minimum absolute atomic E-state index is 0.378. The average molecular weight is 239 g/mol. The summed E-state index contributed by atoms with van der Waals surface area (Å²) in [7, 11) is 0.781. The summed E-state index contributed by atoms with van der Waals surface area (Å²) in [6.45, 7) is 0. The lowest BCUT2D eigenvalue weighted by molar-refractivity contribution is 0.414. The molecule has 1 atom stereocenters. The molecule has 1 rings (SSSR count). The van der Waals surface area contributed by atoms with Crippen LogP contribution in [0.1, 0.15) is 12.0 Å². The number of hydrogen-bond donors (Lipinski definition) is 1. The fourth-order valence-corrected chi connectivity index (χ4v) is 2.22. The smallest absolute Gasteiger partial charge is 0.118 e. The topological polar surface area (TPSA) is 50.2 Å². The largest absolute Gasteiger partial charge is 0.497 e. The number of hydrogen-bond acceptors (Lipinski definition) is 3. The van der Waals surface area contributed by atoms with E-state index in [1.807, 2.05) is 24.3 Å². The first-order valence-electron chi connectivity index (χ1n) is 5.23. The Hall–Kier alpha value is -1.16. The van der Waals surface area contributed by atoms with Crippen molar-refractivity contribution in [1.29, 1.82) is 5.41 Å². The van der Waals surface area contributed by atoms with Crippen LogP contribution in [0.5, 0.6) is 5.75 Å². The summed E-state index contributed by atoms with van der Waals surface area (Å²) in [6, 6.07) is 7.92. The zero-order valence-electron chi connectivity index (χ0n) is 9.44.